The maximum atomic E-state index is 4.93. The molecule has 2 heterocycles. The van der Waals surface area contributed by atoms with Crippen molar-refractivity contribution in [2.75, 3.05) is 17.7 Å². The second-order valence-electron chi connectivity index (χ2n) is 7.05. The molecular formula is C22H21N5S. The predicted molar refractivity (Wildman–Crippen MR) is 116 cm³/mol. The third-order valence-corrected chi connectivity index (χ3v) is 6.18. The maximum absolute atomic E-state index is 4.93. The molecule has 1 atom stereocenters. The first-order valence-electron chi connectivity index (χ1n) is 9.49. The minimum atomic E-state index is 0.318. The average Bonchev–Trinajstić information content (AvgIpc) is 3.30. The largest absolute Gasteiger partial charge is 0.373 e. The van der Waals surface area contributed by atoms with E-state index in [9.17, 15) is 0 Å². The Labute approximate surface area is 167 Å². The Kier molecular flexibility index (Phi) is 4.20. The Morgan fingerprint density at radius 3 is 2.71 bits per heavy atom. The monoisotopic (exact) mass is 387 g/mol. The molecule has 0 spiro atoms. The molecule has 0 radical (unpaired) electrons. The van der Waals surface area contributed by atoms with Gasteiger partial charge in [-0.2, -0.15) is 4.98 Å². The number of aryl methyl sites for hydroxylation is 1. The quantitative estimate of drug-likeness (QED) is 0.500. The first-order valence-corrected chi connectivity index (χ1v) is 10.3. The van der Waals surface area contributed by atoms with Crippen LogP contribution in [0.3, 0.4) is 0 Å². The lowest BCUT2D eigenvalue weighted by Gasteiger charge is -2.15. The first-order chi connectivity index (χ1) is 13.7. The van der Waals surface area contributed by atoms with Crippen LogP contribution < -0.4 is 10.6 Å². The van der Waals surface area contributed by atoms with Crippen LogP contribution >= 0.6 is 11.3 Å². The van der Waals surface area contributed by atoms with E-state index in [0.29, 0.717) is 11.9 Å². The molecule has 4 aromatic rings. The summed E-state index contributed by atoms with van der Waals surface area (Å²) in [5, 5.41) is 7.73. The number of aromatic nitrogens is 3. The fraction of sp³-hybridized carbons (Fsp3) is 0.227. The van der Waals surface area contributed by atoms with E-state index in [1.54, 1.807) is 11.3 Å². The minimum absolute atomic E-state index is 0.318. The Bertz CT molecular complexity index is 1150. The SMILES string of the molecule is CNc1nc(Nc2ccc3nc(C)sc3c2)nc2c1CCC2c1ccccc1. The minimum Gasteiger partial charge on any atom is -0.373 e. The van der Waals surface area contributed by atoms with E-state index in [2.05, 4.69) is 52.0 Å². The number of hydrogen-bond donors (Lipinski definition) is 2. The van der Waals surface area contributed by atoms with Crippen LogP contribution in [0.4, 0.5) is 17.5 Å². The van der Waals surface area contributed by atoms with Crippen LogP contribution in [0.25, 0.3) is 10.2 Å². The summed E-state index contributed by atoms with van der Waals surface area (Å²) in [6.45, 7) is 2.03. The Morgan fingerprint density at radius 2 is 1.89 bits per heavy atom. The lowest BCUT2D eigenvalue weighted by molar-refractivity contribution is 0.772. The van der Waals surface area contributed by atoms with Gasteiger partial charge in [-0.15, -0.1) is 11.3 Å². The first kappa shape index (κ1) is 17.1. The van der Waals surface area contributed by atoms with Gasteiger partial charge < -0.3 is 10.6 Å². The number of nitrogens with one attached hydrogen (secondary N) is 2. The molecule has 5 rings (SSSR count). The van der Waals surface area contributed by atoms with Gasteiger partial charge in [0.15, 0.2) is 0 Å². The number of fused-ring (bicyclic) bond motifs is 2. The number of hydrogen-bond acceptors (Lipinski definition) is 6. The van der Waals surface area contributed by atoms with Crippen LogP contribution in [0.2, 0.25) is 0 Å². The molecule has 2 aromatic carbocycles. The summed E-state index contributed by atoms with van der Waals surface area (Å²) in [6, 6.07) is 16.8. The Morgan fingerprint density at radius 1 is 1.04 bits per heavy atom. The summed E-state index contributed by atoms with van der Waals surface area (Å²) in [4.78, 5) is 14.2. The molecule has 2 aromatic heterocycles. The van der Waals surface area contributed by atoms with Gasteiger partial charge in [0.05, 0.1) is 20.9 Å². The molecule has 0 bridgehead atoms. The zero-order chi connectivity index (χ0) is 19.1. The van der Waals surface area contributed by atoms with Crippen LogP contribution in [-0.4, -0.2) is 22.0 Å². The van der Waals surface area contributed by atoms with Gasteiger partial charge in [-0.25, -0.2) is 9.97 Å². The van der Waals surface area contributed by atoms with Crippen molar-refractivity contribution in [3.63, 3.8) is 0 Å². The van der Waals surface area contributed by atoms with E-state index in [4.69, 9.17) is 9.97 Å². The molecule has 0 aliphatic heterocycles. The summed E-state index contributed by atoms with van der Waals surface area (Å²) in [5.41, 5.74) is 5.68. The van der Waals surface area contributed by atoms with E-state index in [0.717, 1.165) is 40.6 Å². The standard InChI is InChI=1S/C22H21N5S/c1-13-24-18-11-8-15(12-19(18)28-13)25-22-26-20-16(14-6-4-3-5-7-14)9-10-17(20)21(23-2)27-22/h3-8,11-12,16H,9-10H2,1-2H3,(H2,23,25,26,27). The van der Waals surface area contributed by atoms with Crippen LogP contribution in [0.15, 0.2) is 48.5 Å². The van der Waals surface area contributed by atoms with Gasteiger partial charge in [0.25, 0.3) is 0 Å². The highest BCUT2D eigenvalue weighted by molar-refractivity contribution is 7.18. The molecular weight excluding hydrogens is 366 g/mol. The third-order valence-electron chi connectivity index (χ3n) is 5.24. The fourth-order valence-corrected chi connectivity index (χ4v) is 4.85. The summed E-state index contributed by atoms with van der Waals surface area (Å²) < 4.78 is 1.17. The van der Waals surface area contributed by atoms with E-state index >= 15 is 0 Å². The van der Waals surface area contributed by atoms with Gasteiger partial charge >= 0.3 is 0 Å². The highest BCUT2D eigenvalue weighted by Gasteiger charge is 2.29. The van der Waals surface area contributed by atoms with Crippen molar-refractivity contribution in [2.24, 2.45) is 0 Å². The fourth-order valence-electron chi connectivity index (χ4n) is 3.98. The van der Waals surface area contributed by atoms with Gasteiger partial charge in [-0.05, 0) is 43.5 Å². The van der Waals surface area contributed by atoms with E-state index in [1.807, 2.05) is 26.1 Å². The summed E-state index contributed by atoms with van der Waals surface area (Å²) in [5.74, 6) is 1.87. The number of anilines is 3. The highest BCUT2D eigenvalue weighted by Crippen LogP contribution is 2.40. The number of nitrogens with zero attached hydrogens (tertiary/aromatic N) is 3. The zero-order valence-corrected chi connectivity index (χ0v) is 16.7. The number of rotatable bonds is 4. The third kappa shape index (κ3) is 2.99. The topological polar surface area (TPSA) is 62.7 Å². The van der Waals surface area contributed by atoms with Crippen molar-refractivity contribution in [3.8, 4) is 0 Å². The van der Waals surface area contributed by atoms with Gasteiger partial charge in [0.1, 0.15) is 5.82 Å². The number of thiazole rings is 1. The van der Waals surface area contributed by atoms with Crippen molar-refractivity contribution in [1.82, 2.24) is 15.0 Å². The van der Waals surface area contributed by atoms with Crippen LogP contribution in [0.1, 0.15) is 34.2 Å². The molecule has 0 amide bonds. The molecule has 1 aliphatic rings. The molecule has 0 saturated heterocycles. The van der Waals surface area contributed by atoms with E-state index in [1.165, 1.54) is 15.8 Å². The second-order valence-corrected chi connectivity index (χ2v) is 8.29. The lowest BCUT2D eigenvalue weighted by atomic mass is 9.97. The molecule has 0 fully saturated rings. The number of benzene rings is 2. The van der Waals surface area contributed by atoms with Crippen LogP contribution in [0, 0.1) is 6.92 Å². The van der Waals surface area contributed by atoms with E-state index in [-0.39, 0.29) is 0 Å². The van der Waals surface area contributed by atoms with Gasteiger partial charge in [0.2, 0.25) is 5.95 Å². The average molecular weight is 388 g/mol. The molecule has 5 nitrogen and oxygen atoms in total. The predicted octanol–water partition coefficient (Wildman–Crippen LogP) is 5.26. The molecule has 6 heteroatoms. The second kappa shape index (κ2) is 6.87. The molecule has 28 heavy (non-hydrogen) atoms. The van der Waals surface area contributed by atoms with Gasteiger partial charge in [0, 0.05) is 24.2 Å². The lowest BCUT2D eigenvalue weighted by Crippen LogP contribution is -2.07. The summed E-state index contributed by atoms with van der Waals surface area (Å²) >= 11 is 1.70. The summed E-state index contributed by atoms with van der Waals surface area (Å²) in [6.07, 6.45) is 2.07. The highest BCUT2D eigenvalue weighted by atomic mass is 32.1. The van der Waals surface area contributed by atoms with Crippen molar-refractivity contribution in [1.29, 1.82) is 0 Å². The summed E-state index contributed by atoms with van der Waals surface area (Å²) in [7, 11) is 1.92. The van der Waals surface area contributed by atoms with Crippen LogP contribution in [0.5, 0.6) is 0 Å². The Balaban J connectivity index is 1.53. The van der Waals surface area contributed by atoms with Gasteiger partial charge in [-0.3, -0.25) is 0 Å². The van der Waals surface area contributed by atoms with Crippen molar-refractivity contribution in [2.45, 2.75) is 25.7 Å². The molecule has 0 saturated carbocycles. The van der Waals surface area contributed by atoms with Crippen LogP contribution in [-0.2, 0) is 6.42 Å². The zero-order valence-electron chi connectivity index (χ0n) is 15.9. The van der Waals surface area contributed by atoms with Crippen molar-refractivity contribution in [3.05, 3.63) is 70.4 Å². The van der Waals surface area contributed by atoms with E-state index < -0.39 is 0 Å². The smallest absolute Gasteiger partial charge is 0.229 e. The van der Waals surface area contributed by atoms with Crippen molar-refractivity contribution < 1.29 is 0 Å². The molecule has 140 valence electrons. The Hall–Kier alpha value is -2.99. The molecule has 1 unspecified atom stereocenters. The van der Waals surface area contributed by atoms with Gasteiger partial charge in [-0.1, -0.05) is 30.3 Å². The normalized spacial score (nSPS) is 15.6. The molecule has 2 N–H and O–H groups in total. The van der Waals surface area contributed by atoms with Crippen molar-refractivity contribution >= 4 is 39.0 Å². The maximum Gasteiger partial charge on any atom is 0.229 e. The molecule has 1 aliphatic carbocycles.